The summed E-state index contributed by atoms with van der Waals surface area (Å²) in [5, 5.41) is 0. The molecular weight excluding hydrogens is 845 g/mol. The van der Waals surface area contributed by atoms with Crippen LogP contribution in [0.5, 0.6) is 0 Å². The van der Waals surface area contributed by atoms with Crippen LogP contribution >= 0.6 is 12.2 Å². The number of carbonyl (C=O) groups excluding carboxylic acids is 1. The third kappa shape index (κ3) is 18.3. The molecule has 2 aromatic heterocycles. The highest BCUT2D eigenvalue weighted by Gasteiger charge is 2.17. The van der Waals surface area contributed by atoms with E-state index in [2.05, 4.69) is 4.98 Å². The molecule has 0 spiro atoms. The molecule has 5 rings (SSSR count). The highest BCUT2D eigenvalue weighted by molar-refractivity contribution is 7.71. The van der Waals surface area contributed by atoms with E-state index in [0.717, 1.165) is 22.3 Å². The van der Waals surface area contributed by atoms with Crippen molar-refractivity contribution >= 4 is 35.4 Å². The Kier molecular flexibility index (Phi) is 23.7. The van der Waals surface area contributed by atoms with Gasteiger partial charge in [0.05, 0.1) is 125 Å². The van der Waals surface area contributed by atoms with Crippen LogP contribution in [0.15, 0.2) is 95.8 Å². The number of hydrogen-bond donors (Lipinski definition) is 1. The fourth-order valence-electron chi connectivity index (χ4n) is 6.07. The van der Waals surface area contributed by atoms with Gasteiger partial charge in [-0.15, -0.1) is 0 Å². The second-order valence-electron chi connectivity index (χ2n) is 14.0. The van der Waals surface area contributed by atoms with E-state index in [1.54, 1.807) is 17.8 Å². The zero-order valence-electron chi connectivity index (χ0n) is 36.5. The monoisotopic (exact) mass is 904 g/mol. The Morgan fingerprint density at radius 3 is 1.45 bits per heavy atom. The predicted octanol–water partition coefficient (Wildman–Crippen LogP) is 5.35. The van der Waals surface area contributed by atoms with Crippen LogP contribution in [0.25, 0.3) is 28.6 Å². The van der Waals surface area contributed by atoms with Crippen LogP contribution in [0.3, 0.4) is 0 Å². The molecule has 17 heteroatoms. The van der Waals surface area contributed by atoms with Crippen LogP contribution in [0.4, 0.5) is 0 Å². The van der Waals surface area contributed by atoms with E-state index in [0.29, 0.717) is 141 Å². The van der Waals surface area contributed by atoms with E-state index in [1.807, 2.05) is 89.5 Å². The summed E-state index contributed by atoms with van der Waals surface area (Å²) < 4.78 is 57.8. The molecule has 0 fully saturated rings. The van der Waals surface area contributed by atoms with E-state index in [4.69, 9.17) is 64.6 Å². The summed E-state index contributed by atoms with van der Waals surface area (Å²) in [5.41, 5.74) is 4.15. The lowest BCUT2D eigenvalue weighted by Gasteiger charge is -2.14. The maximum atomic E-state index is 13.8. The molecule has 0 atom stereocenters. The first-order chi connectivity index (χ1) is 31.5. The lowest BCUT2D eigenvalue weighted by Crippen LogP contribution is -2.26. The number of H-pyrrole nitrogens is 1. The molecule has 2 heterocycles. The number of aromatic amines is 1. The molecule has 0 radical (unpaired) electrons. The fraction of sp³-hybridized carbons (Fsp3) is 0.447. The number of ether oxygens (including phenoxy) is 10. The average molecular weight is 905 g/mol. The van der Waals surface area contributed by atoms with Crippen molar-refractivity contribution in [2.75, 3.05) is 126 Å². The molecule has 346 valence electrons. The summed E-state index contributed by atoms with van der Waals surface area (Å²) in [6, 6.07) is 27.2. The van der Waals surface area contributed by atoms with Crippen molar-refractivity contribution < 1.29 is 52.2 Å². The number of fused-ring (bicyclic) bond motifs is 1. The highest BCUT2D eigenvalue weighted by Crippen LogP contribution is 2.21. The van der Waals surface area contributed by atoms with Crippen molar-refractivity contribution in [3.8, 4) is 11.4 Å². The number of nitrogens with one attached hydrogen (secondary N) is 1. The van der Waals surface area contributed by atoms with Gasteiger partial charge in [-0.25, -0.2) is 9.78 Å². The number of nitrogens with zero attached hydrogens (tertiary/aromatic N) is 3. The minimum atomic E-state index is -0.483. The van der Waals surface area contributed by atoms with Crippen molar-refractivity contribution in [3.05, 3.63) is 123 Å². The van der Waals surface area contributed by atoms with Crippen LogP contribution in [0, 0.1) is 4.77 Å². The molecule has 0 bridgehead atoms. The van der Waals surface area contributed by atoms with Crippen molar-refractivity contribution in [3.63, 3.8) is 0 Å². The zero-order chi connectivity index (χ0) is 44.9. The second kappa shape index (κ2) is 30.3. The molecule has 0 unspecified atom stereocenters. The molecule has 64 heavy (non-hydrogen) atoms. The third-order valence-corrected chi connectivity index (χ3v) is 9.78. The molecular formula is C47H60N4O12S. The van der Waals surface area contributed by atoms with Gasteiger partial charge in [-0.05, 0) is 35.0 Å². The first kappa shape index (κ1) is 50.1. The fourth-order valence-corrected chi connectivity index (χ4v) is 6.37. The van der Waals surface area contributed by atoms with Gasteiger partial charge in [0.15, 0.2) is 10.3 Å². The molecule has 0 aliphatic heterocycles. The molecule has 0 saturated carbocycles. The molecule has 0 saturated heterocycles. The Morgan fingerprint density at radius 1 is 0.578 bits per heavy atom. The molecule has 0 aliphatic carbocycles. The lowest BCUT2D eigenvalue weighted by molar-refractivity contribution is -0.139. The van der Waals surface area contributed by atoms with Crippen LogP contribution in [-0.4, -0.2) is 151 Å². The Balaban J connectivity index is 0.898. The topological polar surface area (TPSA) is 165 Å². The van der Waals surface area contributed by atoms with Crippen LogP contribution in [-0.2, 0) is 65.3 Å². The van der Waals surface area contributed by atoms with Crippen LogP contribution in [0.2, 0.25) is 0 Å². The minimum Gasteiger partial charge on any atom is -0.460 e. The van der Waals surface area contributed by atoms with Crippen LogP contribution < -0.4 is 5.56 Å². The maximum absolute atomic E-state index is 13.8. The molecule has 3 aromatic carbocycles. The van der Waals surface area contributed by atoms with Gasteiger partial charge in [0.2, 0.25) is 0 Å². The van der Waals surface area contributed by atoms with Gasteiger partial charge >= 0.3 is 5.97 Å². The Morgan fingerprint density at radius 2 is 1.00 bits per heavy atom. The van der Waals surface area contributed by atoms with Crippen molar-refractivity contribution in [1.82, 2.24) is 19.1 Å². The van der Waals surface area contributed by atoms with Crippen molar-refractivity contribution in [2.24, 2.45) is 0 Å². The van der Waals surface area contributed by atoms with Gasteiger partial charge in [-0.3, -0.25) is 13.9 Å². The summed E-state index contributed by atoms with van der Waals surface area (Å²) in [7, 11) is 1.64. The maximum Gasteiger partial charge on any atom is 0.330 e. The quantitative estimate of drug-likeness (QED) is 0.0243. The van der Waals surface area contributed by atoms with Gasteiger partial charge in [0.1, 0.15) is 18.1 Å². The molecule has 0 amide bonds. The van der Waals surface area contributed by atoms with Gasteiger partial charge < -0.3 is 52.4 Å². The summed E-state index contributed by atoms with van der Waals surface area (Å²) in [6.07, 6.45) is 3.04. The molecule has 5 aromatic rings. The van der Waals surface area contributed by atoms with Crippen LogP contribution in [0.1, 0.15) is 16.7 Å². The molecule has 1 N–H and O–H groups in total. The first-order valence-electron chi connectivity index (χ1n) is 21.4. The molecule has 16 nitrogen and oxygen atoms in total. The number of imidazole rings is 1. The van der Waals surface area contributed by atoms with Gasteiger partial charge in [0, 0.05) is 18.7 Å². The Labute approximate surface area is 378 Å². The number of methoxy groups -OCH3 is 1. The predicted molar refractivity (Wildman–Crippen MR) is 244 cm³/mol. The standard InChI is InChI=1S/C47H60N4O12S/c1-54-18-19-55-20-21-56-22-23-57-24-25-58-26-27-59-28-29-60-30-31-61-32-33-62-34-35-63-42(52)17-14-38-12-15-41(16-13-38)44-48-43-45(49-44)50(36-39-8-4-2-5-9-39)47(64)51(46(43)53)37-40-10-6-3-7-11-40/h2-17H,18-37H2,1H3,(H,48,49)/b17-14+. The Hall–Kier alpha value is -4.92. The van der Waals surface area contributed by atoms with Gasteiger partial charge in [-0.1, -0.05) is 84.9 Å². The number of aromatic nitrogens is 4. The summed E-state index contributed by atoms with van der Waals surface area (Å²) >= 11 is 5.90. The van der Waals surface area contributed by atoms with Gasteiger partial charge in [-0.2, -0.15) is 0 Å². The van der Waals surface area contributed by atoms with E-state index in [9.17, 15) is 9.59 Å². The largest absolute Gasteiger partial charge is 0.460 e. The normalized spacial score (nSPS) is 11.6. The summed E-state index contributed by atoms with van der Waals surface area (Å²) in [5.74, 6) is 0.0476. The van der Waals surface area contributed by atoms with E-state index in [1.165, 1.54) is 6.08 Å². The summed E-state index contributed by atoms with van der Waals surface area (Å²) in [6.45, 7) is 8.90. The van der Waals surface area contributed by atoms with E-state index in [-0.39, 0.29) is 18.8 Å². The van der Waals surface area contributed by atoms with E-state index < -0.39 is 5.97 Å². The zero-order valence-corrected chi connectivity index (χ0v) is 37.3. The number of benzene rings is 3. The highest BCUT2D eigenvalue weighted by atomic mass is 32.1. The number of carbonyl (C=O) groups is 1. The average Bonchev–Trinajstić information content (AvgIpc) is 3.77. The number of hydrogen-bond acceptors (Lipinski definition) is 14. The van der Waals surface area contributed by atoms with E-state index >= 15 is 0 Å². The SMILES string of the molecule is COCCOCCOCCOCCOCCOCCOCCOCCOCCOC(=O)/C=C/c1ccc(-c2nc3c(=O)n(Cc4ccccc4)c(=S)n(Cc4ccccc4)c3[nH]2)cc1. The van der Waals surface area contributed by atoms with Crippen molar-refractivity contribution in [1.29, 1.82) is 0 Å². The van der Waals surface area contributed by atoms with Crippen molar-refractivity contribution in [2.45, 2.75) is 13.1 Å². The number of esters is 1. The van der Waals surface area contributed by atoms with Gasteiger partial charge in [0.25, 0.3) is 5.56 Å². The summed E-state index contributed by atoms with van der Waals surface area (Å²) in [4.78, 5) is 34.2. The minimum absolute atomic E-state index is 0.113. The Bertz CT molecular complexity index is 2200. The lowest BCUT2D eigenvalue weighted by atomic mass is 10.1. The molecule has 0 aliphatic rings. The number of rotatable bonds is 34. The first-order valence-corrected chi connectivity index (χ1v) is 21.8. The smallest absolute Gasteiger partial charge is 0.330 e. The second-order valence-corrected chi connectivity index (χ2v) is 14.4. The third-order valence-electron chi connectivity index (χ3n) is 9.34.